The Balaban J connectivity index is 2.36. The highest BCUT2D eigenvalue weighted by atomic mass is 35.5. The second-order valence-corrected chi connectivity index (χ2v) is 4.91. The van der Waals surface area contributed by atoms with Crippen molar-refractivity contribution in [3.05, 3.63) is 52.8 Å². The number of amides is 1. The summed E-state index contributed by atoms with van der Waals surface area (Å²) in [5.74, 6) is -3.39. The van der Waals surface area contributed by atoms with Gasteiger partial charge in [-0.3, -0.25) is 4.79 Å². The van der Waals surface area contributed by atoms with Crippen molar-refractivity contribution in [3.8, 4) is 0 Å². The Morgan fingerprint density at radius 3 is 2.67 bits per heavy atom. The van der Waals surface area contributed by atoms with Gasteiger partial charge in [-0.25, -0.2) is 9.37 Å². The quantitative estimate of drug-likeness (QED) is 0.884. The van der Waals surface area contributed by atoms with Crippen LogP contribution < -0.4 is 10.2 Å². The van der Waals surface area contributed by atoms with Crippen LogP contribution in [0.4, 0.5) is 20.2 Å². The number of hydrogen-bond acceptors (Lipinski definition) is 3. The van der Waals surface area contributed by atoms with Crippen LogP contribution >= 0.6 is 11.6 Å². The molecule has 7 heteroatoms. The van der Waals surface area contributed by atoms with E-state index in [2.05, 4.69) is 10.3 Å². The van der Waals surface area contributed by atoms with E-state index in [0.717, 1.165) is 12.3 Å². The molecule has 1 amide bonds. The molecule has 0 saturated heterocycles. The summed E-state index contributed by atoms with van der Waals surface area (Å²) >= 11 is 5.89. The summed E-state index contributed by atoms with van der Waals surface area (Å²) < 4.78 is 26.6. The molecular weight excluding hydrogens is 300 g/mol. The van der Waals surface area contributed by atoms with E-state index in [-0.39, 0.29) is 0 Å². The van der Waals surface area contributed by atoms with Crippen molar-refractivity contribution >= 4 is 28.9 Å². The number of anilines is 2. The smallest absolute Gasteiger partial charge is 0.258 e. The molecule has 0 saturated carbocycles. The fraction of sp³-hybridized carbons (Fsp3) is 0.143. The highest BCUT2D eigenvalue weighted by Crippen LogP contribution is 2.28. The molecule has 0 aliphatic rings. The van der Waals surface area contributed by atoms with E-state index in [1.807, 2.05) is 0 Å². The maximum absolute atomic E-state index is 13.6. The summed E-state index contributed by atoms with van der Waals surface area (Å²) in [5.41, 5.74) is 0.656. The lowest BCUT2D eigenvalue weighted by atomic mass is 10.2. The van der Waals surface area contributed by atoms with Crippen LogP contribution in [0, 0.1) is 11.8 Å². The van der Waals surface area contributed by atoms with Gasteiger partial charge in [-0.1, -0.05) is 11.6 Å². The monoisotopic (exact) mass is 311 g/mol. The first-order valence-electron chi connectivity index (χ1n) is 5.98. The van der Waals surface area contributed by atoms with E-state index < -0.39 is 23.2 Å². The molecule has 0 aliphatic heterocycles. The van der Waals surface area contributed by atoms with Crippen molar-refractivity contribution in [1.82, 2.24) is 4.98 Å². The zero-order valence-corrected chi connectivity index (χ0v) is 12.1. The third kappa shape index (κ3) is 3.28. The largest absolute Gasteiger partial charge is 0.376 e. The number of halogens is 3. The van der Waals surface area contributed by atoms with Crippen molar-refractivity contribution in [2.45, 2.75) is 0 Å². The fourth-order valence-electron chi connectivity index (χ4n) is 1.78. The minimum absolute atomic E-state index is 0.397. The topological polar surface area (TPSA) is 45.2 Å². The van der Waals surface area contributed by atoms with Crippen molar-refractivity contribution in [2.24, 2.45) is 0 Å². The van der Waals surface area contributed by atoms with Gasteiger partial charge in [0.1, 0.15) is 0 Å². The average Bonchev–Trinajstić information content (AvgIpc) is 2.41. The van der Waals surface area contributed by atoms with Crippen LogP contribution in [0.5, 0.6) is 0 Å². The van der Waals surface area contributed by atoms with Gasteiger partial charge in [0.15, 0.2) is 5.82 Å². The van der Waals surface area contributed by atoms with Gasteiger partial charge in [-0.15, -0.1) is 0 Å². The molecule has 1 heterocycles. The Kier molecular flexibility index (Phi) is 4.37. The third-order valence-corrected chi connectivity index (χ3v) is 3.01. The Hall–Kier alpha value is -2.21. The average molecular weight is 312 g/mol. The number of nitrogens with one attached hydrogen (secondary N) is 1. The van der Waals surface area contributed by atoms with E-state index >= 15 is 0 Å². The summed E-state index contributed by atoms with van der Waals surface area (Å²) in [4.78, 5) is 17.0. The summed E-state index contributed by atoms with van der Waals surface area (Å²) in [7, 11) is 3.57. The molecule has 0 spiro atoms. The van der Waals surface area contributed by atoms with Crippen LogP contribution in [-0.2, 0) is 0 Å². The molecule has 0 bridgehead atoms. The van der Waals surface area contributed by atoms with E-state index in [1.165, 1.54) is 6.07 Å². The van der Waals surface area contributed by atoms with Crippen molar-refractivity contribution in [1.29, 1.82) is 0 Å². The molecule has 4 nitrogen and oxygen atoms in total. The normalized spacial score (nSPS) is 10.3. The first-order chi connectivity index (χ1) is 9.90. The van der Waals surface area contributed by atoms with Gasteiger partial charge >= 0.3 is 0 Å². The Labute approximate surface area is 125 Å². The molecule has 110 valence electrons. The van der Waals surface area contributed by atoms with E-state index in [0.29, 0.717) is 16.4 Å². The van der Waals surface area contributed by atoms with Gasteiger partial charge in [0.25, 0.3) is 5.91 Å². The number of hydrogen-bond donors (Lipinski definition) is 1. The molecule has 1 aromatic heterocycles. The number of carbonyl (C=O) groups is 1. The predicted molar refractivity (Wildman–Crippen MR) is 77.9 cm³/mol. The second kappa shape index (κ2) is 6.05. The number of carbonyl (C=O) groups excluding carboxylic acids is 1. The van der Waals surface area contributed by atoms with Crippen LogP contribution in [0.25, 0.3) is 0 Å². The van der Waals surface area contributed by atoms with Crippen molar-refractivity contribution in [3.63, 3.8) is 0 Å². The van der Waals surface area contributed by atoms with Gasteiger partial charge in [-0.2, -0.15) is 4.39 Å². The number of aromatic nitrogens is 1. The minimum Gasteiger partial charge on any atom is -0.376 e. The van der Waals surface area contributed by atoms with Crippen molar-refractivity contribution < 1.29 is 13.6 Å². The zero-order chi connectivity index (χ0) is 15.6. The molecule has 0 aliphatic carbocycles. The zero-order valence-electron chi connectivity index (χ0n) is 11.3. The number of pyridine rings is 1. The van der Waals surface area contributed by atoms with Crippen LogP contribution in [0.3, 0.4) is 0 Å². The summed E-state index contributed by atoms with van der Waals surface area (Å²) in [6, 6.07) is 6.01. The van der Waals surface area contributed by atoms with Crippen molar-refractivity contribution in [2.75, 3.05) is 24.3 Å². The lowest BCUT2D eigenvalue weighted by Crippen LogP contribution is -2.18. The van der Waals surface area contributed by atoms with Gasteiger partial charge in [0.05, 0.1) is 16.9 Å². The molecule has 21 heavy (non-hydrogen) atoms. The molecule has 2 rings (SSSR count). The van der Waals surface area contributed by atoms with E-state index in [9.17, 15) is 13.6 Å². The number of nitrogens with zero attached hydrogens (tertiary/aromatic N) is 2. The molecule has 1 aromatic carbocycles. The van der Waals surface area contributed by atoms with Crippen LogP contribution in [0.1, 0.15) is 10.4 Å². The molecule has 2 aromatic rings. The molecular formula is C14H12ClF2N3O. The molecule has 0 atom stereocenters. The van der Waals surface area contributed by atoms with Gasteiger partial charge in [0, 0.05) is 25.3 Å². The first-order valence-corrected chi connectivity index (χ1v) is 6.36. The lowest BCUT2D eigenvalue weighted by Gasteiger charge is -2.18. The third-order valence-electron chi connectivity index (χ3n) is 2.78. The highest BCUT2D eigenvalue weighted by molar-refractivity contribution is 6.31. The number of benzene rings is 1. The van der Waals surface area contributed by atoms with Crippen LogP contribution in [0.15, 0.2) is 30.5 Å². The molecule has 0 radical (unpaired) electrons. The van der Waals surface area contributed by atoms with Gasteiger partial charge < -0.3 is 10.2 Å². The second-order valence-electron chi connectivity index (χ2n) is 4.47. The lowest BCUT2D eigenvalue weighted by molar-refractivity contribution is 0.102. The Morgan fingerprint density at radius 2 is 2.00 bits per heavy atom. The van der Waals surface area contributed by atoms with Gasteiger partial charge in [-0.05, 0) is 24.3 Å². The van der Waals surface area contributed by atoms with Crippen LogP contribution in [0.2, 0.25) is 5.02 Å². The van der Waals surface area contributed by atoms with Gasteiger partial charge in [0.2, 0.25) is 5.95 Å². The summed E-state index contributed by atoms with van der Waals surface area (Å²) in [6.07, 6.45) is 1.03. The summed E-state index contributed by atoms with van der Waals surface area (Å²) in [5, 5.41) is 2.93. The highest BCUT2D eigenvalue weighted by Gasteiger charge is 2.17. The van der Waals surface area contributed by atoms with E-state index in [1.54, 1.807) is 31.1 Å². The predicted octanol–water partition coefficient (Wildman–Crippen LogP) is 3.33. The fourth-order valence-corrected chi connectivity index (χ4v) is 1.95. The van der Waals surface area contributed by atoms with Crippen LogP contribution in [-0.4, -0.2) is 25.0 Å². The number of rotatable bonds is 3. The Morgan fingerprint density at radius 1 is 1.29 bits per heavy atom. The maximum Gasteiger partial charge on any atom is 0.258 e. The SMILES string of the molecule is CN(C)c1ccc(Cl)cc1NC(=O)c1ccnc(F)c1F. The molecule has 0 fully saturated rings. The molecule has 1 N–H and O–H groups in total. The maximum atomic E-state index is 13.6. The summed E-state index contributed by atoms with van der Waals surface area (Å²) in [6.45, 7) is 0. The first kappa shape index (κ1) is 15.2. The molecule has 0 unspecified atom stereocenters. The standard InChI is InChI=1S/C14H12ClF2N3O/c1-20(2)11-4-3-8(15)7-10(11)19-14(21)9-5-6-18-13(17)12(9)16/h3-7H,1-2H3,(H,19,21). The minimum atomic E-state index is -1.32. The Bertz CT molecular complexity index is 692. The van der Waals surface area contributed by atoms with E-state index in [4.69, 9.17) is 11.6 Å².